The SMILES string of the molecule is N#Cc1ccc(-c2ccc3c(c2)C2(c4ccccc4Oc4ccccc42)c2cc(-c4ccc(-c5nc(-c6ccccc6)nc(-c6ccccc6)n5)cc4)c4ccccc4c2-3)cc1. The van der Waals surface area contributed by atoms with Crippen LogP contribution in [0.3, 0.4) is 0 Å². The van der Waals surface area contributed by atoms with E-state index in [1.807, 2.05) is 84.9 Å². The van der Waals surface area contributed by atoms with Crippen molar-refractivity contribution in [3.8, 4) is 85.1 Å². The van der Waals surface area contributed by atoms with Crippen LogP contribution < -0.4 is 4.74 Å². The number of aromatic nitrogens is 3. The summed E-state index contributed by atoms with van der Waals surface area (Å²) in [5, 5.41) is 11.9. The van der Waals surface area contributed by atoms with Crippen molar-refractivity contribution in [3.63, 3.8) is 0 Å². The van der Waals surface area contributed by atoms with Crippen LogP contribution >= 0.6 is 0 Å². The van der Waals surface area contributed by atoms with Gasteiger partial charge < -0.3 is 4.74 Å². The van der Waals surface area contributed by atoms with E-state index in [0.717, 1.165) is 61.6 Å². The molecule has 2 heterocycles. The summed E-state index contributed by atoms with van der Waals surface area (Å²) in [6, 6.07) is 74.0. The summed E-state index contributed by atoms with van der Waals surface area (Å²) in [4.78, 5) is 14.9. The molecule has 288 valence electrons. The first-order valence-corrected chi connectivity index (χ1v) is 20.7. The fraction of sp³-hybridized carbons (Fsp3) is 0.0175. The summed E-state index contributed by atoms with van der Waals surface area (Å²) >= 11 is 0. The number of nitrogens with zero attached hydrogens (tertiary/aromatic N) is 4. The predicted molar refractivity (Wildman–Crippen MR) is 247 cm³/mol. The van der Waals surface area contributed by atoms with Gasteiger partial charge in [-0.25, -0.2) is 15.0 Å². The Morgan fingerprint density at radius 2 is 0.855 bits per heavy atom. The second-order valence-corrected chi connectivity index (χ2v) is 15.8. The van der Waals surface area contributed by atoms with Crippen LogP contribution in [0.15, 0.2) is 206 Å². The summed E-state index contributed by atoms with van der Waals surface area (Å²) < 4.78 is 6.72. The third kappa shape index (κ3) is 5.44. The summed E-state index contributed by atoms with van der Waals surface area (Å²) in [6.07, 6.45) is 0. The van der Waals surface area contributed by atoms with Gasteiger partial charge in [0.25, 0.3) is 0 Å². The van der Waals surface area contributed by atoms with Gasteiger partial charge in [-0.1, -0.05) is 170 Å². The van der Waals surface area contributed by atoms with Crippen molar-refractivity contribution in [2.75, 3.05) is 0 Å². The molecule has 0 atom stereocenters. The Morgan fingerprint density at radius 3 is 1.45 bits per heavy atom. The maximum Gasteiger partial charge on any atom is 0.164 e. The number of hydrogen-bond acceptors (Lipinski definition) is 5. The van der Waals surface area contributed by atoms with Gasteiger partial charge in [-0.15, -0.1) is 0 Å². The first-order chi connectivity index (χ1) is 30.7. The van der Waals surface area contributed by atoms with Crippen LogP contribution in [0.25, 0.3) is 78.3 Å². The molecule has 9 aromatic carbocycles. The quantitative estimate of drug-likeness (QED) is 0.174. The lowest BCUT2D eigenvalue weighted by atomic mass is 9.65. The van der Waals surface area contributed by atoms with Gasteiger partial charge >= 0.3 is 0 Å². The van der Waals surface area contributed by atoms with Gasteiger partial charge in [0, 0.05) is 27.8 Å². The highest BCUT2D eigenvalue weighted by Crippen LogP contribution is 2.64. The van der Waals surface area contributed by atoms with E-state index in [1.165, 1.54) is 33.0 Å². The van der Waals surface area contributed by atoms with Crippen molar-refractivity contribution in [1.82, 2.24) is 15.0 Å². The number of benzene rings is 9. The second kappa shape index (κ2) is 14.1. The molecule has 0 saturated heterocycles. The smallest absolute Gasteiger partial charge is 0.164 e. The molecule has 1 spiro atoms. The monoisotopic (exact) mass is 790 g/mol. The van der Waals surface area contributed by atoms with Gasteiger partial charge in [-0.2, -0.15) is 5.26 Å². The average Bonchev–Trinajstić information content (AvgIpc) is 3.64. The van der Waals surface area contributed by atoms with Crippen LogP contribution in [0, 0.1) is 11.3 Å². The molecule has 0 bridgehead atoms. The first kappa shape index (κ1) is 35.5. The minimum atomic E-state index is -0.690. The largest absolute Gasteiger partial charge is 0.457 e. The van der Waals surface area contributed by atoms with E-state index < -0.39 is 5.41 Å². The van der Waals surface area contributed by atoms with E-state index >= 15 is 0 Å². The zero-order valence-electron chi connectivity index (χ0n) is 33.3. The lowest BCUT2D eigenvalue weighted by Gasteiger charge is -2.39. The first-order valence-electron chi connectivity index (χ1n) is 20.7. The molecule has 0 N–H and O–H groups in total. The molecule has 1 aromatic heterocycles. The molecule has 0 amide bonds. The Bertz CT molecular complexity index is 3320. The minimum absolute atomic E-state index is 0.617. The average molecular weight is 791 g/mol. The minimum Gasteiger partial charge on any atom is -0.457 e. The lowest BCUT2D eigenvalue weighted by Crippen LogP contribution is -2.32. The van der Waals surface area contributed by atoms with E-state index in [2.05, 4.69) is 127 Å². The summed E-state index contributed by atoms with van der Waals surface area (Å²) in [5.74, 6) is 3.57. The standard InChI is InChI=1S/C57H34N4O/c58-35-36-23-25-37(26-24-36)42-31-32-45-49(33-42)57(47-19-9-11-21-51(47)62-52-22-12-10-20-48(52)57)50-34-46(43-17-7-8-18-44(43)53(45)50)38-27-29-41(30-28-38)56-60-54(39-13-3-1-4-14-39)59-55(61-56)40-15-5-2-6-16-40/h1-34H. The van der Waals surface area contributed by atoms with Gasteiger partial charge in [0.1, 0.15) is 11.5 Å². The maximum atomic E-state index is 9.56. The number of rotatable bonds is 5. The summed E-state index contributed by atoms with van der Waals surface area (Å²) in [7, 11) is 0. The summed E-state index contributed by atoms with van der Waals surface area (Å²) in [6.45, 7) is 0. The number of nitriles is 1. The molecule has 0 fully saturated rings. The number of hydrogen-bond donors (Lipinski definition) is 0. The highest BCUT2D eigenvalue weighted by molar-refractivity contribution is 6.10. The fourth-order valence-electron chi connectivity index (χ4n) is 9.65. The molecule has 10 aromatic rings. The highest BCUT2D eigenvalue weighted by atomic mass is 16.5. The van der Waals surface area contributed by atoms with E-state index in [-0.39, 0.29) is 0 Å². The number of ether oxygens (including phenoxy) is 1. The normalized spacial score (nSPS) is 12.8. The molecule has 62 heavy (non-hydrogen) atoms. The predicted octanol–water partition coefficient (Wildman–Crippen LogP) is 13.7. The zero-order chi connectivity index (χ0) is 41.2. The van der Waals surface area contributed by atoms with Crippen molar-refractivity contribution in [2.45, 2.75) is 5.41 Å². The Hall–Kier alpha value is -8.46. The van der Waals surface area contributed by atoms with Gasteiger partial charge in [-0.3, -0.25) is 0 Å². The summed E-state index contributed by atoms with van der Waals surface area (Å²) in [5.41, 5.74) is 14.1. The van der Waals surface area contributed by atoms with Crippen molar-refractivity contribution in [1.29, 1.82) is 5.26 Å². The van der Waals surface area contributed by atoms with Crippen LogP contribution in [0.5, 0.6) is 11.5 Å². The molecule has 5 nitrogen and oxygen atoms in total. The van der Waals surface area contributed by atoms with Gasteiger partial charge in [0.05, 0.1) is 17.0 Å². The van der Waals surface area contributed by atoms with E-state index in [9.17, 15) is 5.26 Å². The second-order valence-electron chi connectivity index (χ2n) is 15.8. The third-order valence-corrected chi connectivity index (χ3v) is 12.4. The molecule has 2 aliphatic rings. The molecule has 0 saturated carbocycles. The molecular weight excluding hydrogens is 757 g/mol. The van der Waals surface area contributed by atoms with E-state index in [1.54, 1.807) is 0 Å². The molecular formula is C57H34N4O. The van der Waals surface area contributed by atoms with Crippen molar-refractivity contribution in [3.05, 3.63) is 234 Å². The lowest BCUT2D eigenvalue weighted by molar-refractivity contribution is 0.436. The number of para-hydroxylation sites is 2. The molecule has 5 heteroatoms. The van der Waals surface area contributed by atoms with Crippen LogP contribution in [-0.2, 0) is 5.41 Å². The zero-order valence-corrected chi connectivity index (χ0v) is 33.3. The van der Waals surface area contributed by atoms with E-state index in [0.29, 0.717) is 23.0 Å². The topological polar surface area (TPSA) is 71.7 Å². The van der Waals surface area contributed by atoms with Crippen molar-refractivity contribution in [2.24, 2.45) is 0 Å². The number of fused-ring (bicyclic) bond motifs is 11. The van der Waals surface area contributed by atoms with Crippen molar-refractivity contribution >= 4 is 10.8 Å². The van der Waals surface area contributed by atoms with E-state index in [4.69, 9.17) is 19.7 Å². The fourth-order valence-corrected chi connectivity index (χ4v) is 9.65. The van der Waals surface area contributed by atoms with Crippen LogP contribution in [0.2, 0.25) is 0 Å². The Morgan fingerprint density at radius 1 is 0.371 bits per heavy atom. The highest BCUT2D eigenvalue weighted by Gasteiger charge is 2.52. The Labute approximate surface area is 358 Å². The third-order valence-electron chi connectivity index (χ3n) is 12.4. The molecule has 1 aliphatic heterocycles. The Balaban J connectivity index is 1.08. The Kier molecular flexibility index (Phi) is 8.06. The molecule has 0 radical (unpaired) electrons. The van der Waals surface area contributed by atoms with Crippen LogP contribution in [0.4, 0.5) is 0 Å². The van der Waals surface area contributed by atoms with Crippen molar-refractivity contribution < 1.29 is 4.74 Å². The van der Waals surface area contributed by atoms with Gasteiger partial charge in [0.2, 0.25) is 0 Å². The van der Waals surface area contributed by atoms with Gasteiger partial charge in [-0.05, 0) is 91.7 Å². The molecule has 0 unspecified atom stereocenters. The maximum absolute atomic E-state index is 9.56. The van der Waals surface area contributed by atoms with Gasteiger partial charge in [0.15, 0.2) is 17.5 Å². The molecule has 1 aliphatic carbocycles. The van der Waals surface area contributed by atoms with Crippen LogP contribution in [-0.4, -0.2) is 15.0 Å². The van der Waals surface area contributed by atoms with Crippen LogP contribution in [0.1, 0.15) is 27.8 Å². The molecule has 12 rings (SSSR count).